The number of rotatable bonds is 6. The van der Waals surface area contributed by atoms with E-state index in [1.807, 2.05) is 32.9 Å². The van der Waals surface area contributed by atoms with Crippen molar-refractivity contribution in [1.29, 1.82) is 0 Å². The van der Waals surface area contributed by atoms with E-state index in [1.165, 1.54) is 0 Å². The molecule has 1 aromatic rings. The molecule has 0 spiro atoms. The first-order valence-corrected chi connectivity index (χ1v) is 8.64. The molecule has 0 radical (unpaired) electrons. The highest BCUT2D eigenvalue weighted by atomic mass is 16.6. The molecule has 5 nitrogen and oxygen atoms in total. The predicted octanol–water partition coefficient (Wildman–Crippen LogP) is 3.35. The molecule has 0 amide bonds. The molecular formula is C19H29NO4. The van der Waals surface area contributed by atoms with Crippen LogP contribution < -0.4 is 10.5 Å². The number of nitrogen functional groups attached to an aromatic ring is 1. The van der Waals surface area contributed by atoms with Crippen LogP contribution in [0.15, 0.2) is 18.2 Å². The summed E-state index contributed by atoms with van der Waals surface area (Å²) in [6.07, 6.45) is 4.36. The second-order valence-corrected chi connectivity index (χ2v) is 7.33. The first kappa shape index (κ1) is 18.6. The molecule has 1 heterocycles. The Labute approximate surface area is 144 Å². The van der Waals surface area contributed by atoms with Crippen LogP contribution in [0.4, 0.5) is 5.69 Å². The Hall–Kier alpha value is -1.75. The van der Waals surface area contributed by atoms with Gasteiger partial charge in [0.2, 0.25) is 0 Å². The van der Waals surface area contributed by atoms with Crippen LogP contribution >= 0.6 is 0 Å². The molecular weight excluding hydrogens is 306 g/mol. The Bertz CT molecular complexity index is 545. The lowest BCUT2D eigenvalue weighted by Gasteiger charge is -2.22. The van der Waals surface area contributed by atoms with Crippen LogP contribution in [-0.2, 0) is 20.7 Å². The monoisotopic (exact) mass is 335 g/mol. The molecule has 0 saturated carbocycles. The van der Waals surface area contributed by atoms with Crippen LogP contribution in [0.5, 0.6) is 5.75 Å². The minimum Gasteiger partial charge on any atom is -0.482 e. The molecule has 1 aliphatic heterocycles. The van der Waals surface area contributed by atoms with Crippen molar-refractivity contribution in [2.75, 3.05) is 25.6 Å². The Balaban J connectivity index is 1.81. The number of hydrogen-bond acceptors (Lipinski definition) is 5. The Morgan fingerprint density at radius 2 is 2.00 bits per heavy atom. The lowest BCUT2D eigenvalue weighted by atomic mass is 9.92. The van der Waals surface area contributed by atoms with Gasteiger partial charge >= 0.3 is 5.97 Å². The molecule has 5 heteroatoms. The van der Waals surface area contributed by atoms with Crippen molar-refractivity contribution in [1.82, 2.24) is 0 Å². The first-order chi connectivity index (χ1) is 11.3. The van der Waals surface area contributed by atoms with Crippen LogP contribution in [0.1, 0.15) is 45.6 Å². The molecule has 1 saturated heterocycles. The molecule has 0 bridgehead atoms. The average molecular weight is 335 g/mol. The summed E-state index contributed by atoms with van der Waals surface area (Å²) in [5.74, 6) is 0.930. The topological polar surface area (TPSA) is 70.8 Å². The van der Waals surface area contributed by atoms with Crippen molar-refractivity contribution in [3.8, 4) is 5.75 Å². The number of carbonyl (C=O) groups is 1. The van der Waals surface area contributed by atoms with Gasteiger partial charge in [-0.2, -0.15) is 0 Å². The molecule has 2 rings (SSSR count). The van der Waals surface area contributed by atoms with Gasteiger partial charge in [0.05, 0.1) is 0 Å². The molecule has 0 aliphatic carbocycles. The number of ether oxygens (including phenoxy) is 3. The molecule has 1 aliphatic rings. The third kappa shape index (κ3) is 6.40. The Morgan fingerprint density at radius 1 is 1.29 bits per heavy atom. The molecule has 2 N–H and O–H groups in total. The SMILES string of the molecule is CC(C)(C)OC(=O)COc1ccc(CCC2CCOCC2)c(N)c1. The van der Waals surface area contributed by atoms with Gasteiger partial charge in [-0.3, -0.25) is 0 Å². The molecule has 0 aromatic heterocycles. The van der Waals surface area contributed by atoms with Crippen molar-refractivity contribution >= 4 is 11.7 Å². The van der Waals surface area contributed by atoms with Crippen molar-refractivity contribution in [3.63, 3.8) is 0 Å². The summed E-state index contributed by atoms with van der Waals surface area (Å²) in [5.41, 5.74) is 7.46. The highest BCUT2D eigenvalue weighted by molar-refractivity contribution is 5.71. The highest BCUT2D eigenvalue weighted by Gasteiger charge is 2.17. The van der Waals surface area contributed by atoms with Crippen LogP contribution in [-0.4, -0.2) is 31.4 Å². The van der Waals surface area contributed by atoms with E-state index < -0.39 is 5.60 Å². The van der Waals surface area contributed by atoms with Gasteiger partial charge in [0.1, 0.15) is 11.4 Å². The van der Waals surface area contributed by atoms with Crippen LogP contribution in [0, 0.1) is 5.92 Å². The lowest BCUT2D eigenvalue weighted by Crippen LogP contribution is -2.27. The highest BCUT2D eigenvalue weighted by Crippen LogP contribution is 2.25. The minimum absolute atomic E-state index is 0.113. The standard InChI is InChI=1S/C19H29NO4/c1-19(2,3)24-18(21)13-23-16-7-6-15(17(20)12-16)5-4-14-8-10-22-11-9-14/h6-7,12,14H,4-5,8-11,13,20H2,1-3H3. The molecule has 1 fully saturated rings. The van der Waals surface area contributed by atoms with Gasteiger partial charge in [-0.25, -0.2) is 4.79 Å². The van der Waals surface area contributed by atoms with E-state index in [2.05, 4.69) is 0 Å². The summed E-state index contributed by atoms with van der Waals surface area (Å²) in [4.78, 5) is 11.7. The van der Waals surface area contributed by atoms with E-state index in [9.17, 15) is 4.79 Å². The van der Waals surface area contributed by atoms with E-state index in [1.54, 1.807) is 6.07 Å². The summed E-state index contributed by atoms with van der Waals surface area (Å²) in [7, 11) is 0. The third-order valence-corrected chi connectivity index (χ3v) is 4.06. The fourth-order valence-electron chi connectivity index (χ4n) is 2.80. The van der Waals surface area contributed by atoms with Crippen molar-refractivity contribution in [2.45, 2.75) is 52.1 Å². The van der Waals surface area contributed by atoms with Gasteiger partial charge in [-0.1, -0.05) is 6.07 Å². The molecule has 24 heavy (non-hydrogen) atoms. The number of esters is 1. The quantitative estimate of drug-likeness (QED) is 0.638. The number of benzene rings is 1. The number of carbonyl (C=O) groups excluding carboxylic acids is 1. The van der Waals surface area contributed by atoms with Gasteiger partial charge in [-0.05, 0) is 64.0 Å². The molecule has 1 aromatic carbocycles. The fourth-order valence-corrected chi connectivity index (χ4v) is 2.80. The smallest absolute Gasteiger partial charge is 0.344 e. The number of nitrogens with two attached hydrogens (primary N) is 1. The maximum absolute atomic E-state index is 11.7. The van der Waals surface area contributed by atoms with Crippen molar-refractivity contribution < 1.29 is 19.0 Å². The van der Waals surface area contributed by atoms with E-state index >= 15 is 0 Å². The Kier molecular flexibility index (Phi) is 6.49. The molecule has 0 atom stereocenters. The maximum Gasteiger partial charge on any atom is 0.344 e. The van der Waals surface area contributed by atoms with Crippen molar-refractivity contribution in [3.05, 3.63) is 23.8 Å². The zero-order valence-corrected chi connectivity index (χ0v) is 15.0. The van der Waals surface area contributed by atoms with Crippen LogP contribution in [0.3, 0.4) is 0 Å². The predicted molar refractivity (Wildman–Crippen MR) is 94.1 cm³/mol. The van der Waals surface area contributed by atoms with E-state index in [4.69, 9.17) is 19.9 Å². The molecule has 0 unspecified atom stereocenters. The van der Waals surface area contributed by atoms with Gasteiger partial charge in [-0.15, -0.1) is 0 Å². The summed E-state index contributed by atoms with van der Waals surface area (Å²) in [6, 6.07) is 5.63. The van der Waals surface area contributed by atoms with Crippen LogP contribution in [0.25, 0.3) is 0 Å². The average Bonchev–Trinajstić information content (AvgIpc) is 2.51. The summed E-state index contributed by atoms with van der Waals surface area (Å²) >= 11 is 0. The summed E-state index contributed by atoms with van der Waals surface area (Å²) in [6.45, 7) is 7.12. The normalized spacial score (nSPS) is 16.0. The largest absolute Gasteiger partial charge is 0.482 e. The molecule has 134 valence electrons. The zero-order chi connectivity index (χ0) is 17.6. The van der Waals surface area contributed by atoms with E-state index in [0.717, 1.165) is 50.4 Å². The van der Waals surface area contributed by atoms with Crippen LogP contribution in [0.2, 0.25) is 0 Å². The minimum atomic E-state index is -0.506. The third-order valence-electron chi connectivity index (χ3n) is 4.06. The second kappa shape index (κ2) is 8.38. The number of anilines is 1. The summed E-state index contributed by atoms with van der Waals surface area (Å²) < 4.78 is 16.1. The van der Waals surface area contributed by atoms with Gasteiger partial charge < -0.3 is 19.9 Å². The number of aryl methyl sites for hydroxylation is 1. The van der Waals surface area contributed by atoms with Gasteiger partial charge in [0.15, 0.2) is 6.61 Å². The second-order valence-electron chi connectivity index (χ2n) is 7.33. The zero-order valence-electron chi connectivity index (χ0n) is 15.0. The maximum atomic E-state index is 11.7. The fraction of sp³-hybridized carbons (Fsp3) is 0.632. The summed E-state index contributed by atoms with van der Waals surface area (Å²) in [5, 5.41) is 0. The van der Waals surface area contributed by atoms with Gasteiger partial charge in [0, 0.05) is 25.0 Å². The van der Waals surface area contributed by atoms with Crippen molar-refractivity contribution in [2.24, 2.45) is 5.92 Å². The number of hydrogen-bond donors (Lipinski definition) is 1. The van der Waals surface area contributed by atoms with E-state index in [0.29, 0.717) is 11.4 Å². The Morgan fingerprint density at radius 3 is 2.62 bits per heavy atom. The lowest BCUT2D eigenvalue weighted by molar-refractivity contribution is -0.157. The van der Waals surface area contributed by atoms with Gasteiger partial charge in [0.25, 0.3) is 0 Å². The van der Waals surface area contributed by atoms with E-state index in [-0.39, 0.29) is 12.6 Å². The first-order valence-electron chi connectivity index (χ1n) is 8.64.